The molecular formula is C27H33ClN2O8S. The number of ether oxygens (including phenoxy) is 4. The van der Waals surface area contributed by atoms with Crippen LogP contribution in [0.15, 0.2) is 65.3 Å². The number of amides is 1. The van der Waals surface area contributed by atoms with Crippen molar-refractivity contribution in [3.63, 3.8) is 0 Å². The van der Waals surface area contributed by atoms with E-state index in [1.54, 1.807) is 35.2 Å². The zero-order valence-electron chi connectivity index (χ0n) is 21.7. The first-order valence-electron chi connectivity index (χ1n) is 12.7. The number of nitrogens with zero attached hydrogens (tertiary/aromatic N) is 2. The van der Waals surface area contributed by atoms with Crippen molar-refractivity contribution in [2.45, 2.75) is 23.5 Å². The van der Waals surface area contributed by atoms with Gasteiger partial charge in [0, 0.05) is 43.5 Å². The Balaban J connectivity index is 1.46. The number of sulfonamides is 1. The molecule has 0 saturated carbocycles. The molecule has 0 spiro atoms. The third-order valence-corrected chi connectivity index (χ3v) is 8.72. The first-order valence-corrected chi connectivity index (χ1v) is 14.5. The topological polar surface area (TPSA) is 115 Å². The lowest BCUT2D eigenvalue weighted by Gasteiger charge is -2.33. The van der Waals surface area contributed by atoms with E-state index in [1.807, 2.05) is 12.1 Å². The Labute approximate surface area is 233 Å². The van der Waals surface area contributed by atoms with Crippen LogP contribution in [0.5, 0.6) is 5.75 Å². The van der Waals surface area contributed by atoms with E-state index in [1.165, 1.54) is 19.2 Å². The number of carbonyl (C=O) groups is 1. The fourth-order valence-electron chi connectivity index (χ4n) is 4.42. The van der Waals surface area contributed by atoms with Gasteiger partial charge in [0.2, 0.25) is 16.3 Å². The van der Waals surface area contributed by atoms with Crippen molar-refractivity contribution < 1.29 is 37.3 Å². The number of morpholine rings is 1. The maximum absolute atomic E-state index is 13.2. The summed E-state index contributed by atoms with van der Waals surface area (Å²) < 4.78 is 49.9. The molecule has 4 rings (SSSR count). The standard InChI is InChI=1S/C27H33ClN2O8S/c1-35-23-6-8-24(9-7-23)39(33,34)30(10-14-31)13-17-37-26-19-21(20-2-4-22(28)5-3-20)18-25(38-26)27(32)29-11-15-36-16-12-29/h2-9,18,21,26,31H,10-17,19H2,1H3/t21-,26+/m1/s1. The van der Waals surface area contributed by atoms with E-state index in [0.717, 1.165) is 9.87 Å². The number of methoxy groups -OCH3 is 1. The number of hydrogen-bond acceptors (Lipinski definition) is 8. The van der Waals surface area contributed by atoms with Gasteiger partial charge < -0.3 is 29.0 Å². The molecule has 1 N–H and O–H groups in total. The number of allylic oxidation sites excluding steroid dienone is 1. The van der Waals surface area contributed by atoms with Crippen molar-refractivity contribution >= 4 is 27.5 Å². The van der Waals surface area contributed by atoms with Crippen LogP contribution < -0.4 is 4.74 Å². The molecule has 0 radical (unpaired) electrons. The number of rotatable bonds is 11. The van der Waals surface area contributed by atoms with Gasteiger partial charge in [-0.25, -0.2) is 8.42 Å². The molecule has 12 heteroatoms. The lowest BCUT2D eigenvalue weighted by molar-refractivity contribution is -0.155. The van der Waals surface area contributed by atoms with E-state index in [4.69, 9.17) is 30.5 Å². The molecule has 2 aliphatic rings. The summed E-state index contributed by atoms with van der Waals surface area (Å²) >= 11 is 6.06. The van der Waals surface area contributed by atoms with E-state index < -0.39 is 16.3 Å². The molecule has 1 fully saturated rings. The third-order valence-electron chi connectivity index (χ3n) is 6.56. The van der Waals surface area contributed by atoms with Gasteiger partial charge in [-0.05, 0) is 48.0 Å². The molecule has 212 valence electrons. The average Bonchev–Trinajstić information content (AvgIpc) is 2.97. The van der Waals surface area contributed by atoms with Gasteiger partial charge in [-0.2, -0.15) is 4.31 Å². The molecule has 0 aromatic heterocycles. The molecule has 0 unspecified atom stereocenters. The molecule has 1 amide bonds. The molecule has 0 aliphatic carbocycles. The summed E-state index contributed by atoms with van der Waals surface area (Å²) in [6, 6.07) is 13.4. The summed E-state index contributed by atoms with van der Waals surface area (Å²) in [5.74, 6) is 0.310. The van der Waals surface area contributed by atoms with Crippen molar-refractivity contribution in [1.82, 2.24) is 9.21 Å². The normalized spacial score (nSPS) is 19.9. The molecule has 2 aromatic rings. The number of aliphatic hydroxyl groups is 1. The highest BCUT2D eigenvalue weighted by Gasteiger charge is 2.32. The van der Waals surface area contributed by atoms with Crippen molar-refractivity contribution in [2.75, 3.05) is 59.7 Å². The summed E-state index contributed by atoms with van der Waals surface area (Å²) in [4.78, 5) is 15.0. The van der Waals surface area contributed by atoms with Crippen LogP contribution in [0.3, 0.4) is 0 Å². The third kappa shape index (κ3) is 7.50. The fourth-order valence-corrected chi connectivity index (χ4v) is 5.96. The van der Waals surface area contributed by atoms with Crippen molar-refractivity contribution in [1.29, 1.82) is 0 Å². The Kier molecular flexibility index (Phi) is 10.2. The monoisotopic (exact) mass is 580 g/mol. The van der Waals surface area contributed by atoms with Gasteiger partial charge >= 0.3 is 0 Å². The molecule has 2 aromatic carbocycles. The molecule has 10 nitrogen and oxygen atoms in total. The molecule has 2 aliphatic heterocycles. The number of carbonyl (C=O) groups excluding carboxylic acids is 1. The first kappa shape index (κ1) is 29.3. The zero-order chi connectivity index (χ0) is 27.8. The second kappa shape index (κ2) is 13.6. The summed E-state index contributed by atoms with van der Waals surface area (Å²) in [5, 5.41) is 10.1. The highest BCUT2D eigenvalue weighted by molar-refractivity contribution is 7.89. The Morgan fingerprint density at radius 3 is 2.44 bits per heavy atom. The molecule has 39 heavy (non-hydrogen) atoms. The van der Waals surface area contributed by atoms with Gasteiger partial charge in [-0.3, -0.25) is 4.79 Å². The number of benzene rings is 2. The van der Waals surface area contributed by atoms with Gasteiger partial charge in [-0.1, -0.05) is 23.7 Å². The van der Waals surface area contributed by atoms with Gasteiger partial charge in [0.05, 0.1) is 38.4 Å². The van der Waals surface area contributed by atoms with Crippen LogP contribution in [-0.4, -0.2) is 94.6 Å². The van der Waals surface area contributed by atoms with Gasteiger partial charge in [-0.15, -0.1) is 0 Å². The molecule has 0 bridgehead atoms. The van der Waals surface area contributed by atoms with Crippen molar-refractivity contribution in [3.8, 4) is 5.75 Å². The molecule has 1 saturated heterocycles. The molecular weight excluding hydrogens is 548 g/mol. The maximum atomic E-state index is 13.2. The van der Waals surface area contributed by atoms with Crippen molar-refractivity contribution in [3.05, 3.63) is 71.0 Å². The minimum Gasteiger partial charge on any atom is -0.497 e. The fraction of sp³-hybridized carbons (Fsp3) is 0.444. The number of hydrogen-bond donors (Lipinski definition) is 1. The van der Waals surface area contributed by atoms with E-state index in [-0.39, 0.29) is 48.8 Å². The summed E-state index contributed by atoms with van der Waals surface area (Å²) in [5.41, 5.74) is 0.951. The van der Waals surface area contributed by atoms with Crippen LogP contribution in [-0.2, 0) is 29.0 Å². The average molecular weight is 581 g/mol. The SMILES string of the molecule is COc1ccc(S(=O)(=O)N(CCO)CCO[C@@H]2C[C@H](c3ccc(Cl)cc3)C=C(C(=O)N3CCOCC3)O2)cc1. The minimum atomic E-state index is -3.89. The quantitative estimate of drug-likeness (QED) is 0.431. The van der Waals surface area contributed by atoms with Crippen LogP contribution in [0, 0.1) is 0 Å². The Morgan fingerprint density at radius 2 is 1.79 bits per heavy atom. The van der Waals surface area contributed by atoms with E-state index in [0.29, 0.717) is 43.5 Å². The van der Waals surface area contributed by atoms with Crippen LogP contribution in [0.4, 0.5) is 0 Å². The Morgan fingerprint density at radius 1 is 1.10 bits per heavy atom. The summed E-state index contributed by atoms with van der Waals surface area (Å²) in [6.45, 7) is 1.38. The first-order chi connectivity index (χ1) is 18.8. The highest BCUT2D eigenvalue weighted by Crippen LogP contribution is 2.33. The highest BCUT2D eigenvalue weighted by atomic mass is 35.5. The van der Waals surface area contributed by atoms with Crippen LogP contribution in [0.1, 0.15) is 17.9 Å². The predicted molar refractivity (Wildman–Crippen MR) is 144 cm³/mol. The van der Waals surface area contributed by atoms with Gasteiger partial charge in [0.15, 0.2) is 5.76 Å². The Hall–Kier alpha value is -2.67. The van der Waals surface area contributed by atoms with E-state index in [2.05, 4.69) is 0 Å². The lowest BCUT2D eigenvalue weighted by Crippen LogP contribution is -2.43. The maximum Gasteiger partial charge on any atom is 0.288 e. The molecule has 2 heterocycles. The van der Waals surface area contributed by atoms with E-state index in [9.17, 15) is 18.3 Å². The number of halogens is 1. The smallest absolute Gasteiger partial charge is 0.288 e. The van der Waals surface area contributed by atoms with Gasteiger partial charge in [0.1, 0.15) is 5.75 Å². The summed E-state index contributed by atoms with van der Waals surface area (Å²) in [6.07, 6.45) is 1.44. The second-order valence-corrected chi connectivity index (χ2v) is 11.4. The largest absolute Gasteiger partial charge is 0.497 e. The van der Waals surface area contributed by atoms with Crippen LogP contribution >= 0.6 is 11.6 Å². The number of aliphatic hydroxyl groups excluding tert-OH is 1. The van der Waals surface area contributed by atoms with Crippen LogP contribution in [0.2, 0.25) is 5.02 Å². The Bertz CT molecular complexity index is 1230. The van der Waals surface area contributed by atoms with E-state index >= 15 is 0 Å². The van der Waals surface area contributed by atoms with Crippen LogP contribution in [0.25, 0.3) is 0 Å². The molecule has 2 atom stereocenters. The zero-order valence-corrected chi connectivity index (χ0v) is 23.3. The second-order valence-electron chi connectivity index (χ2n) is 9.05. The lowest BCUT2D eigenvalue weighted by atomic mass is 9.93. The van der Waals surface area contributed by atoms with Gasteiger partial charge in [0.25, 0.3) is 5.91 Å². The van der Waals surface area contributed by atoms with Crippen molar-refractivity contribution in [2.24, 2.45) is 0 Å². The minimum absolute atomic E-state index is 0.00753. The predicted octanol–water partition coefficient (Wildman–Crippen LogP) is 2.62. The summed E-state index contributed by atoms with van der Waals surface area (Å²) in [7, 11) is -2.39.